The lowest BCUT2D eigenvalue weighted by atomic mass is 9.85. The van der Waals surface area contributed by atoms with Crippen LogP contribution in [0.15, 0.2) is 36.5 Å². The van der Waals surface area contributed by atoms with Crippen LogP contribution in [0.3, 0.4) is 0 Å². The number of hydrogen-bond acceptors (Lipinski definition) is 5. The molecule has 0 spiro atoms. The third-order valence-corrected chi connectivity index (χ3v) is 5.73. The fourth-order valence-electron chi connectivity index (χ4n) is 4.17. The van der Waals surface area contributed by atoms with Crippen LogP contribution in [-0.4, -0.2) is 46.6 Å². The van der Waals surface area contributed by atoms with Crippen molar-refractivity contribution in [2.75, 3.05) is 13.2 Å². The summed E-state index contributed by atoms with van der Waals surface area (Å²) in [6.07, 6.45) is 7.25. The predicted molar refractivity (Wildman–Crippen MR) is 105 cm³/mol. The summed E-state index contributed by atoms with van der Waals surface area (Å²) in [5, 5.41) is 0.784. The summed E-state index contributed by atoms with van der Waals surface area (Å²) in [7, 11) is 0. The Hall–Kier alpha value is -3.22. The zero-order chi connectivity index (χ0) is 20.5. The van der Waals surface area contributed by atoms with Crippen LogP contribution < -0.4 is 0 Å². The number of nitrogens with zero attached hydrogens (tertiary/aromatic N) is 1. The zero-order valence-electron chi connectivity index (χ0n) is 16.1. The topological polar surface area (TPSA) is 96.5 Å². The molecular formula is C22H22N2O5. The lowest BCUT2D eigenvalue weighted by Gasteiger charge is -2.14. The molecule has 1 aliphatic heterocycles. The lowest BCUT2D eigenvalue weighted by Crippen LogP contribution is -2.37. The largest absolute Gasteiger partial charge is 0.456 e. The van der Waals surface area contributed by atoms with E-state index in [0.717, 1.165) is 27.8 Å². The van der Waals surface area contributed by atoms with Crippen LogP contribution in [0, 0.1) is 11.8 Å². The average Bonchev–Trinajstić information content (AvgIpc) is 3.28. The van der Waals surface area contributed by atoms with Gasteiger partial charge in [-0.3, -0.25) is 24.1 Å². The van der Waals surface area contributed by atoms with Crippen molar-refractivity contribution in [3.8, 4) is 0 Å². The van der Waals surface area contributed by atoms with Crippen LogP contribution in [0.4, 0.5) is 0 Å². The number of H-pyrrole nitrogens is 1. The minimum absolute atomic E-state index is 0.337. The molecule has 1 saturated heterocycles. The van der Waals surface area contributed by atoms with Gasteiger partial charge in [-0.2, -0.15) is 0 Å². The molecular weight excluding hydrogens is 372 g/mol. The number of nitrogens with one attached hydrogen (secondary N) is 1. The molecule has 0 saturated carbocycles. The van der Waals surface area contributed by atoms with Crippen LogP contribution in [0.5, 0.6) is 0 Å². The summed E-state index contributed by atoms with van der Waals surface area (Å²) in [6, 6.07) is 5.72. The summed E-state index contributed by atoms with van der Waals surface area (Å²) in [4.78, 5) is 53.6. The molecule has 2 aliphatic rings. The van der Waals surface area contributed by atoms with Crippen molar-refractivity contribution in [1.82, 2.24) is 9.88 Å². The predicted octanol–water partition coefficient (Wildman–Crippen LogP) is 2.41. The second kappa shape index (κ2) is 7.66. The molecule has 1 N–H and O–H groups in total. The Kier molecular flexibility index (Phi) is 5.05. The third kappa shape index (κ3) is 3.37. The van der Waals surface area contributed by atoms with Crippen molar-refractivity contribution < 1.29 is 23.9 Å². The lowest BCUT2D eigenvalue weighted by molar-refractivity contribution is -0.152. The number of rotatable bonds is 6. The van der Waals surface area contributed by atoms with Crippen molar-refractivity contribution in [2.45, 2.75) is 26.2 Å². The van der Waals surface area contributed by atoms with Gasteiger partial charge in [-0.1, -0.05) is 37.3 Å². The van der Waals surface area contributed by atoms with Crippen molar-refractivity contribution in [3.05, 3.63) is 47.7 Å². The van der Waals surface area contributed by atoms with Crippen molar-refractivity contribution in [3.63, 3.8) is 0 Å². The van der Waals surface area contributed by atoms with Crippen molar-refractivity contribution in [1.29, 1.82) is 0 Å². The number of imide groups is 1. The number of hydrogen-bond donors (Lipinski definition) is 1. The van der Waals surface area contributed by atoms with Gasteiger partial charge in [0.15, 0.2) is 6.61 Å². The van der Waals surface area contributed by atoms with Crippen LogP contribution >= 0.6 is 0 Å². The number of ketones is 1. The Bertz CT molecular complexity index is 1010. The number of carbonyl (C=O) groups excluding carboxylic acids is 4. The molecule has 0 bridgehead atoms. The fraction of sp³-hybridized carbons (Fsp3) is 0.364. The van der Waals surface area contributed by atoms with Gasteiger partial charge in [0.25, 0.3) is 0 Å². The van der Waals surface area contributed by atoms with Gasteiger partial charge in [0.05, 0.1) is 11.8 Å². The maximum Gasteiger partial charge on any atom is 0.326 e. The average molecular weight is 394 g/mol. The summed E-state index contributed by atoms with van der Waals surface area (Å²) in [5.74, 6) is -2.55. The number of Topliss-reactive ketones (excluding diaryl/α,β-unsaturated/α-hetero) is 1. The Labute approximate surface area is 167 Å². The first kappa shape index (κ1) is 19.1. The van der Waals surface area contributed by atoms with Gasteiger partial charge in [0.1, 0.15) is 6.54 Å². The number of benzene rings is 1. The molecule has 1 aromatic carbocycles. The number of likely N-dealkylation sites (tertiary alicyclic amines) is 1. The van der Waals surface area contributed by atoms with Crippen molar-refractivity contribution >= 4 is 34.5 Å². The van der Waals surface area contributed by atoms with Gasteiger partial charge >= 0.3 is 5.97 Å². The number of esters is 1. The molecule has 1 aromatic heterocycles. The highest BCUT2D eigenvalue weighted by Gasteiger charge is 2.47. The third-order valence-electron chi connectivity index (χ3n) is 5.73. The normalized spacial score (nSPS) is 20.9. The van der Waals surface area contributed by atoms with Crippen LogP contribution in [0.1, 0.15) is 35.7 Å². The molecule has 2 atom stereocenters. The highest BCUT2D eigenvalue weighted by atomic mass is 16.5. The highest BCUT2D eigenvalue weighted by molar-refractivity contribution is 6.10. The number of allylic oxidation sites excluding steroid dienone is 2. The molecule has 1 fully saturated rings. The number of aromatic nitrogens is 1. The molecule has 4 rings (SSSR count). The number of amides is 2. The molecule has 2 amide bonds. The smallest absolute Gasteiger partial charge is 0.326 e. The fourth-order valence-corrected chi connectivity index (χ4v) is 4.17. The second-order valence-electron chi connectivity index (χ2n) is 7.40. The SMILES string of the molecule is CCc1cccc2c(C(=O)COC(=O)CN3C(=O)[C@H]4CC=CC[C@@H]4C3=O)c[nH]c12. The van der Waals surface area contributed by atoms with Crippen LogP contribution in [0.2, 0.25) is 0 Å². The van der Waals surface area contributed by atoms with E-state index in [1.54, 1.807) is 6.20 Å². The van der Waals surface area contributed by atoms with Gasteiger partial charge in [0.2, 0.25) is 17.6 Å². The summed E-state index contributed by atoms with van der Waals surface area (Å²) >= 11 is 0. The van der Waals surface area contributed by atoms with E-state index in [0.29, 0.717) is 18.4 Å². The summed E-state index contributed by atoms with van der Waals surface area (Å²) in [5.41, 5.74) is 2.45. The Balaban J connectivity index is 1.38. The van der Waals surface area contributed by atoms with E-state index in [4.69, 9.17) is 4.74 Å². The molecule has 2 aromatic rings. The Morgan fingerprint density at radius 2 is 1.83 bits per heavy atom. The first-order valence-corrected chi connectivity index (χ1v) is 9.79. The maximum atomic E-state index is 12.5. The number of fused-ring (bicyclic) bond motifs is 2. The van der Waals surface area contributed by atoms with E-state index in [1.807, 2.05) is 37.3 Å². The van der Waals surface area contributed by atoms with Gasteiger partial charge in [-0.15, -0.1) is 0 Å². The number of para-hydroxylation sites is 1. The zero-order valence-corrected chi connectivity index (χ0v) is 16.1. The van der Waals surface area contributed by atoms with E-state index >= 15 is 0 Å². The first-order valence-electron chi connectivity index (χ1n) is 9.79. The van der Waals surface area contributed by atoms with E-state index in [1.165, 1.54) is 0 Å². The minimum Gasteiger partial charge on any atom is -0.456 e. The number of ether oxygens (including phenoxy) is 1. The van der Waals surface area contributed by atoms with E-state index < -0.39 is 19.1 Å². The number of aromatic amines is 1. The van der Waals surface area contributed by atoms with Crippen LogP contribution in [-0.2, 0) is 25.5 Å². The molecule has 2 heterocycles. The standard InChI is InChI=1S/C22H22N2O5/c1-2-13-6-5-9-14-17(10-23-20(13)14)18(25)12-29-19(26)11-24-21(27)15-7-3-4-8-16(15)22(24)28/h3-6,9-10,15-16,23H,2,7-8,11-12H2,1H3/t15-,16-/m0/s1. The molecule has 1 aliphatic carbocycles. The summed E-state index contributed by atoms with van der Waals surface area (Å²) < 4.78 is 5.08. The minimum atomic E-state index is -0.763. The Morgan fingerprint density at radius 1 is 1.14 bits per heavy atom. The molecule has 0 radical (unpaired) electrons. The van der Waals surface area contributed by atoms with Crippen molar-refractivity contribution in [2.24, 2.45) is 11.8 Å². The van der Waals surface area contributed by atoms with Crippen LogP contribution in [0.25, 0.3) is 10.9 Å². The second-order valence-corrected chi connectivity index (χ2v) is 7.40. The first-order chi connectivity index (χ1) is 14.0. The number of aryl methyl sites for hydroxylation is 1. The van der Waals surface area contributed by atoms with E-state index in [-0.39, 0.29) is 29.4 Å². The maximum absolute atomic E-state index is 12.5. The van der Waals surface area contributed by atoms with Gasteiger partial charge < -0.3 is 9.72 Å². The molecule has 7 heteroatoms. The Morgan fingerprint density at radius 3 is 2.48 bits per heavy atom. The quantitative estimate of drug-likeness (QED) is 0.351. The van der Waals surface area contributed by atoms with E-state index in [9.17, 15) is 19.2 Å². The highest BCUT2D eigenvalue weighted by Crippen LogP contribution is 2.34. The van der Waals surface area contributed by atoms with Gasteiger partial charge in [-0.05, 0) is 24.8 Å². The number of carbonyl (C=O) groups is 4. The van der Waals surface area contributed by atoms with Gasteiger partial charge in [0, 0.05) is 22.7 Å². The molecule has 150 valence electrons. The summed E-state index contributed by atoms with van der Waals surface area (Å²) in [6.45, 7) is 1.14. The molecule has 29 heavy (non-hydrogen) atoms. The monoisotopic (exact) mass is 394 g/mol. The van der Waals surface area contributed by atoms with E-state index in [2.05, 4.69) is 4.98 Å². The van der Waals surface area contributed by atoms with Gasteiger partial charge in [-0.25, -0.2) is 0 Å². The molecule has 7 nitrogen and oxygen atoms in total. The molecule has 0 unspecified atom stereocenters.